The van der Waals surface area contributed by atoms with E-state index in [1.165, 1.54) is 12.1 Å². The topological polar surface area (TPSA) is 18.1 Å². The van der Waals surface area contributed by atoms with Crippen LogP contribution < -0.4 is 0 Å². The highest BCUT2D eigenvalue weighted by molar-refractivity contribution is 9.10. The lowest BCUT2D eigenvalue weighted by atomic mass is 10.1. The van der Waals surface area contributed by atoms with Crippen LogP contribution in [0.4, 0.5) is 4.39 Å². The number of furan rings is 1. The first kappa shape index (κ1) is 15.9. The molecule has 0 radical (unpaired) electrons. The van der Waals surface area contributed by atoms with Crippen molar-refractivity contribution in [2.24, 2.45) is 0 Å². The Morgan fingerprint density at radius 1 is 0.679 bits per heavy atom. The molecule has 134 valence electrons. The molecule has 0 aliphatic rings. The average Bonchev–Trinajstić information content (AvgIpc) is 3.21. The second kappa shape index (κ2) is 5.69. The number of fused-ring (bicyclic) bond motifs is 6. The van der Waals surface area contributed by atoms with Crippen molar-refractivity contribution >= 4 is 59.7 Å². The van der Waals surface area contributed by atoms with Crippen LogP contribution in [0.25, 0.3) is 49.4 Å². The van der Waals surface area contributed by atoms with E-state index in [0.29, 0.717) is 0 Å². The van der Waals surface area contributed by atoms with Gasteiger partial charge in [-0.25, -0.2) is 4.39 Å². The number of rotatable bonds is 1. The molecule has 2 nitrogen and oxygen atoms in total. The summed E-state index contributed by atoms with van der Waals surface area (Å²) in [5.41, 5.74) is 4.80. The van der Waals surface area contributed by atoms with Gasteiger partial charge >= 0.3 is 0 Å². The molecule has 6 rings (SSSR count). The molecule has 0 atom stereocenters. The lowest BCUT2D eigenvalue weighted by Crippen LogP contribution is -1.93. The highest BCUT2D eigenvalue weighted by atomic mass is 79.9. The maximum Gasteiger partial charge on any atom is 0.136 e. The largest absolute Gasteiger partial charge is 0.456 e. The fourth-order valence-electron chi connectivity index (χ4n) is 4.08. The summed E-state index contributed by atoms with van der Waals surface area (Å²) in [6.45, 7) is 0. The Morgan fingerprint density at radius 3 is 2.32 bits per heavy atom. The number of halogens is 2. The highest BCUT2D eigenvalue weighted by Crippen LogP contribution is 2.38. The number of hydrogen-bond donors (Lipinski definition) is 0. The Hall–Kier alpha value is -3.11. The predicted molar refractivity (Wildman–Crippen MR) is 116 cm³/mol. The van der Waals surface area contributed by atoms with Gasteiger partial charge in [-0.15, -0.1) is 0 Å². The molecule has 4 aromatic carbocycles. The van der Waals surface area contributed by atoms with Crippen LogP contribution in [0.2, 0.25) is 0 Å². The molecule has 0 amide bonds. The zero-order valence-corrected chi connectivity index (χ0v) is 16.2. The Kier molecular flexibility index (Phi) is 3.23. The van der Waals surface area contributed by atoms with Gasteiger partial charge < -0.3 is 8.98 Å². The lowest BCUT2D eigenvalue weighted by molar-refractivity contribution is 0.627. The fourth-order valence-corrected chi connectivity index (χ4v) is 4.43. The molecule has 0 aliphatic heterocycles. The Balaban J connectivity index is 1.83. The molecule has 0 spiro atoms. The van der Waals surface area contributed by atoms with Crippen molar-refractivity contribution < 1.29 is 8.81 Å². The van der Waals surface area contributed by atoms with Crippen LogP contribution in [-0.2, 0) is 0 Å². The maximum absolute atomic E-state index is 13.5. The minimum Gasteiger partial charge on any atom is -0.456 e. The second-order valence-corrected chi connectivity index (χ2v) is 7.85. The second-order valence-electron chi connectivity index (χ2n) is 6.94. The van der Waals surface area contributed by atoms with Crippen molar-refractivity contribution in [3.05, 3.63) is 89.2 Å². The van der Waals surface area contributed by atoms with E-state index in [-0.39, 0.29) is 5.82 Å². The van der Waals surface area contributed by atoms with E-state index in [1.54, 1.807) is 0 Å². The molecular formula is C24H13BrFNO. The van der Waals surface area contributed by atoms with Gasteiger partial charge in [-0.3, -0.25) is 0 Å². The van der Waals surface area contributed by atoms with Crippen molar-refractivity contribution in [3.8, 4) is 5.69 Å². The summed E-state index contributed by atoms with van der Waals surface area (Å²) in [7, 11) is 0. The van der Waals surface area contributed by atoms with Gasteiger partial charge in [0.25, 0.3) is 0 Å². The van der Waals surface area contributed by atoms with Crippen molar-refractivity contribution in [3.63, 3.8) is 0 Å². The van der Waals surface area contributed by atoms with E-state index in [1.807, 2.05) is 36.4 Å². The number of benzene rings is 4. The average molecular weight is 430 g/mol. The van der Waals surface area contributed by atoms with Crippen LogP contribution in [0.5, 0.6) is 0 Å². The van der Waals surface area contributed by atoms with Crippen LogP contribution in [0.1, 0.15) is 0 Å². The minimum atomic E-state index is -0.242. The summed E-state index contributed by atoms with van der Waals surface area (Å²) in [6, 6.07) is 25.2. The van der Waals surface area contributed by atoms with Crippen LogP contribution in [0, 0.1) is 5.82 Å². The molecule has 0 fully saturated rings. The van der Waals surface area contributed by atoms with Crippen LogP contribution in [0.15, 0.2) is 87.8 Å². The third-order valence-electron chi connectivity index (χ3n) is 5.31. The maximum atomic E-state index is 13.5. The van der Waals surface area contributed by atoms with Gasteiger partial charge in [-0.05, 0) is 54.6 Å². The predicted octanol–water partition coefficient (Wildman–Crippen LogP) is 7.58. The van der Waals surface area contributed by atoms with Gasteiger partial charge in [0.05, 0.1) is 11.0 Å². The standard InChI is InChI=1S/C24H13BrFNO/c25-14-5-10-17-19-13-24-20(18-3-1-2-4-23(18)28-24)12-22(19)27(21(17)11-14)16-8-6-15(26)7-9-16/h1-13H. The van der Waals surface area contributed by atoms with E-state index < -0.39 is 0 Å². The SMILES string of the molecule is Fc1ccc(-n2c3cc(Br)ccc3c3cc4oc5ccccc5c4cc32)cc1. The van der Waals surface area contributed by atoms with Gasteiger partial charge in [-0.1, -0.05) is 40.2 Å². The molecule has 0 N–H and O–H groups in total. The molecule has 0 saturated carbocycles. The van der Waals surface area contributed by atoms with Crippen molar-refractivity contribution in [1.82, 2.24) is 4.57 Å². The Labute approximate surface area is 167 Å². The normalized spacial score (nSPS) is 11.9. The van der Waals surface area contributed by atoms with Crippen LogP contribution >= 0.6 is 15.9 Å². The number of hydrogen-bond acceptors (Lipinski definition) is 1. The van der Waals surface area contributed by atoms with Gasteiger partial charge in [0, 0.05) is 31.7 Å². The highest BCUT2D eigenvalue weighted by Gasteiger charge is 2.16. The van der Waals surface area contributed by atoms with Gasteiger partial charge in [-0.2, -0.15) is 0 Å². The summed E-state index contributed by atoms with van der Waals surface area (Å²) in [5, 5.41) is 4.41. The summed E-state index contributed by atoms with van der Waals surface area (Å²) in [6.07, 6.45) is 0. The summed E-state index contributed by atoms with van der Waals surface area (Å²) in [4.78, 5) is 0. The van der Waals surface area contributed by atoms with Gasteiger partial charge in [0.15, 0.2) is 0 Å². The third-order valence-corrected chi connectivity index (χ3v) is 5.80. The van der Waals surface area contributed by atoms with E-state index in [4.69, 9.17) is 4.42 Å². The number of nitrogens with zero attached hydrogens (tertiary/aromatic N) is 1. The fraction of sp³-hybridized carbons (Fsp3) is 0. The molecule has 2 aromatic heterocycles. The van der Waals surface area contributed by atoms with Crippen molar-refractivity contribution in [1.29, 1.82) is 0 Å². The van der Waals surface area contributed by atoms with E-state index in [9.17, 15) is 4.39 Å². The van der Waals surface area contributed by atoms with Gasteiger partial charge in [0.1, 0.15) is 17.0 Å². The Morgan fingerprint density at radius 2 is 1.46 bits per heavy atom. The molecule has 4 heteroatoms. The van der Waals surface area contributed by atoms with Crippen molar-refractivity contribution in [2.75, 3.05) is 0 Å². The van der Waals surface area contributed by atoms with Crippen LogP contribution in [0.3, 0.4) is 0 Å². The molecule has 6 aromatic rings. The molecule has 0 unspecified atom stereocenters. The Bertz CT molecular complexity index is 1530. The summed E-state index contributed by atoms with van der Waals surface area (Å²) < 4.78 is 22.8. The quantitative estimate of drug-likeness (QED) is 0.263. The van der Waals surface area contributed by atoms with Gasteiger partial charge in [0.2, 0.25) is 0 Å². The third kappa shape index (κ3) is 2.18. The molecule has 0 bridgehead atoms. The van der Waals surface area contributed by atoms with E-state index in [0.717, 1.165) is 53.9 Å². The molecule has 0 aliphatic carbocycles. The summed E-state index contributed by atoms with van der Waals surface area (Å²) in [5.74, 6) is -0.242. The van der Waals surface area contributed by atoms with E-state index in [2.05, 4.69) is 50.8 Å². The zero-order chi connectivity index (χ0) is 18.8. The first-order valence-electron chi connectivity index (χ1n) is 9.00. The minimum absolute atomic E-state index is 0.242. The first-order chi connectivity index (χ1) is 13.7. The zero-order valence-electron chi connectivity index (χ0n) is 14.6. The van der Waals surface area contributed by atoms with Crippen LogP contribution in [-0.4, -0.2) is 4.57 Å². The monoisotopic (exact) mass is 429 g/mol. The molecular weight excluding hydrogens is 417 g/mol. The first-order valence-corrected chi connectivity index (χ1v) is 9.79. The smallest absolute Gasteiger partial charge is 0.136 e. The van der Waals surface area contributed by atoms with E-state index >= 15 is 0 Å². The number of para-hydroxylation sites is 1. The molecule has 28 heavy (non-hydrogen) atoms. The lowest BCUT2D eigenvalue weighted by Gasteiger charge is -2.08. The summed E-state index contributed by atoms with van der Waals surface area (Å²) >= 11 is 3.59. The molecule has 0 saturated heterocycles. The van der Waals surface area contributed by atoms with Crippen molar-refractivity contribution in [2.45, 2.75) is 0 Å². The number of aromatic nitrogens is 1. The molecule has 2 heterocycles.